The molecule has 0 bridgehead atoms. The Morgan fingerprint density at radius 3 is 2.64 bits per heavy atom. The van der Waals surface area contributed by atoms with Crippen LogP contribution in [0.4, 0.5) is 20.2 Å². The van der Waals surface area contributed by atoms with E-state index in [0.29, 0.717) is 18.3 Å². The minimum absolute atomic E-state index is 0.106. The number of pyridine rings is 2. The number of aromatic nitrogens is 2. The third-order valence-electron chi connectivity index (χ3n) is 3.37. The van der Waals surface area contributed by atoms with Crippen molar-refractivity contribution < 1.29 is 13.6 Å². The van der Waals surface area contributed by atoms with Gasteiger partial charge in [0.25, 0.3) is 5.91 Å². The minimum atomic E-state index is -0.849. The molecule has 0 radical (unpaired) electrons. The molecule has 3 rings (SSSR count). The van der Waals surface area contributed by atoms with Crippen molar-refractivity contribution in [3.05, 3.63) is 83.9 Å². The number of anilines is 2. The molecule has 0 spiro atoms. The van der Waals surface area contributed by atoms with Crippen LogP contribution in [0.2, 0.25) is 0 Å². The zero-order chi connectivity index (χ0) is 17.6. The van der Waals surface area contributed by atoms with Gasteiger partial charge in [-0.25, -0.2) is 8.78 Å². The standard InChI is InChI=1S/C18H14F2N4O/c19-12-4-5-16(15(20)9-12)24-18(25)17-10-13(6-8-22-17)23-11-14-3-1-2-7-21-14/h1-10H,11H2,(H,22,23)(H,24,25). The molecular weight excluding hydrogens is 326 g/mol. The Morgan fingerprint density at radius 2 is 1.88 bits per heavy atom. The van der Waals surface area contributed by atoms with Gasteiger partial charge in [-0.2, -0.15) is 0 Å². The maximum Gasteiger partial charge on any atom is 0.274 e. The van der Waals surface area contributed by atoms with Crippen molar-refractivity contribution in [2.24, 2.45) is 0 Å². The third-order valence-corrected chi connectivity index (χ3v) is 3.37. The molecule has 2 N–H and O–H groups in total. The van der Waals surface area contributed by atoms with E-state index in [2.05, 4.69) is 20.6 Å². The molecule has 3 aromatic rings. The maximum atomic E-state index is 13.6. The summed E-state index contributed by atoms with van der Waals surface area (Å²) in [5.74, 6) is -2.15. The average Bonchev–Trinajstić information content (AvgIpc) is 2.63. The van der Waals surface area contributed by atoms with Crippen LogP contribution in [0.15, 0.2) is 60.9 Å². The Morgan fingerprint density at radius 1 is 1.00 bits per heavy atom. The van der Waals surface area contributed by atoms with Crippen LogP contribution < -0.4 is 10.6 Å². The second-order valence-electron chi connectivity index (χ2n) is 5.18. The molecule has 0 aliphatic carbocycles. The van der Waals surface area contributed by atoms with Crippen LogP contribution in [-0.4, -0.2) is 15.9 Å². The molecule has 0 saturated carbocycles. The molecule has 25 heavy (non-hydrogen) atoms. The molecule has 7 heteroatoms. The van der Waals surface area contributed by atoms with E-state index in [9.17, 15) is 13.6 Å². The Labute approximate surface area is 142 Å². The van der Waals surface area contributed by atoms with Gasteiger partial charge in [0, 0.05) is 24.1 Å². The minimum Gasteiger partial charge on any atom is -0.379 e. The van der Waals surface area contributed by atoms with Crippen LogP contribution in [0.1, 0.15) is 16.2 Å². The predicted octanol–water partition coefficient (Wildman–Crippen LogP) is 3.62. The number of hydrogen-bond donors (Lipinski definition) is 2. The number of rotatable bonds is 5. The lowest BCUT2D eigenvalue weighted by atomic mass is 10.2. The second-order valence-corrected chi connectivity index (χ2v) is 5.18. The first-order valence-electron chi connectivity index (χ1n) is 7.48. The summed E-state index contributed by atoms with van der Waals surface area (Å²) in [5.41, 5.74) is 1.51. The Balaban J connectivity index is 1.69. The zero-order valence-corrected chi connectivity index (χ0v) is 13.0. The SMILES string of the molecule is O=C(Nc1ccc(F)cc1F)c1cc(NCc2ccccn2)ccn1. The molecule has 0 aliphatic heterocycles. The van der Waals surface area contributed by atoms with Crippen LogP contribution in [0.5, 0.6) is 0 Å². The van der Waals surface area contributed by atoms with Crippen molar-refractivity contribution in [1.82, 2.24) is 9.97 Å². The van der Waals surface area contributed by atoms with Crippen molar-refractivity contribution >= 4 is 17.3 Å². The fraction of sp³-hybridized carbons (Fsp3) is 0.0556. The molecule has 1 aromatic carbocycles. The fourth-order valence-electron chi connectivity index (χ4n) is 2.14. The number of carbonyl (C=O) groups is 1. The number of amides is 1. The number of nitrogens with zero attached hydrogens (tertiary/aromatic N) is 2. The molecular formula is C18H14F2N4O. The summed E-state index contributed by atoms with van der Waals surface area (Å²) in [6, 6.07) is 11.8. The van der Waals surface area contributed by atoms with Gasteiger partial charge in [0.2, 0.25) is 0 Å². The lowest BCUT2D eigenvalue weighted by molar-refractivity contribution is 0.102. The van der Waals surface area contributed by atoms with E-state index < -0.39 is 17.5 Å². The van der Waals surface area contributed by atoms with Crippen LogP contribution in [0.3, 0.4) is 0 Å². The molecule has 1 amide bonds. The van der Waals surface area contributed by atoms with Crippen molar-refractivity contribution in [1.29, 1.82) is 0 Å². The quantitative estimate of drug-likeness (QED) is 0.744. The Bertz CT molecular complexity index is 887. The van der Waals surface area contributed by atoms with Gasteiger partial charge in [-0.1, -0.05) is 6.07 Å². The highest BCUT2D eigenvalue weighted by atomic mass is 19.1. The largest absolute Gasteiger partial charge is 0.379 e. The lowest BCUT2D eigenvalue weighted by Crippen LogP contribution is -2.15. The summed E-state index contributed by atoms with van der Waals surface area (Å²) in [5, 5.41) is 5.50. The highest BCUT2D eigenvalue weighted by Gasteiger charge is 2.12. The van der Waals surface area contributed by atoms with E-state index in [1.807, 2.05) is 18.2 Å². The monoisotopic (exact) mass is 340 g/mol. The first kappa shape index (κ1) is 16.5. The van der Waals surface area contributed by atoms with Crippen molar-refractivity contribution in [2.45, 2.75) is 6.54 Å². The highest BCUT2D eigenvalue weighted by Crippen LogP contribution is 2.17. The maximum absolute atomic E-state index is 13.6. The zero-order valence-electron chi connectivity index (χ0n) is 13.0. The molecule has 2 aromatic heterocycles. The van der Waals surface area contributed by atoms with Gasteiger partial charge in [-0.05, 0) is 36.4 Å². The van der Waals surface area contributed by atoms with Gasteiger partial charge >= 0.3 is 0 Å². The number of carbonyl (C=O) groups excluding carboxylic acids is 1. The fourth-order valence-corrected chi connectivity index (χ4v) is 2.14. The molecule has 0 fully saturated rings. The Kier molecular flexibility index (Phi) is 4.94. The van der Waals surface area contributed by atoms with E-state index in [1.54, 1.807) is 18.3 Å². The number of hydrogen-bond acceptors (Lipinski definition) is 4. The molecule has 2 heterocycles. The Hall–Kier alpha value is -3.35. The summed E-state index contributed by atoms with van der Waals surface area (Å²) in [4.78, 5) is 20.4. The summed E-state index contributed by atoms with van der Waals surface area (Å²) in [6.45, 7) is 0.485. The van der Waals surface area contributed by atoms with Gasteiger partial charge in [0.1, 0.15) is 17.3 Å². The van der Waals surface area contributed by atoms with Gasteiger partial charge in [-0.15, -0.1) is 0 Å². The molecule has 5 nitrogen and oxygen atoms in total. The summed E-state index contributed by atoms with van der Waals surface area (Å²) < 4.78 is 26.5. The smallest absolute Gasteiger partial charge is 0.274 e. The van der Waals surface area contributed by atoms with Crippen molar-refractivity contribution in [2.75, 3.05) is 10.6 Å². The average molecular weight is 340 g/mol. The number of halogens is 2. The summed E-state index contributed by atoms with van der Waals surface area (Å²) >= 11 is 0. The number of nitrogens with one attached hydrogen (secondary N) is 2. The van der Waals surface area contributed by atoms with Crippen molar-refractivity contribution in [3.63, 3.8) is 0 Å². The van der Waals surface area contributed by atoms with Gasteiger partial charge in [0.05, 0.1) is 17.9 Å². The van der Waals surface area contributed by atoms with E-state index in [0.717, 1.165) is 17.8 Å². The summed E-state index contributed by atoms with van der Waals surface area (Å²) in [6.07, 6.45) is 3.16. The third kappa shape index (κ3) is 4.35. The van der Waals surface area contributed by atoms with E-state index in [-0.39, 0.29) is 11.4 Å². The highest BCUT2D eigenvalue weighted by molar-refractivity contribution is 6.03. The molecule has 0 aliphatic rings. The second kappa shape index (κ2) is 7.48. The van der Waals surface area contributed by atoms with Crippen LogP contribution in [0, 0.1) is 11.6 Å². The predicted molar refractivity (Wildman–Crippen MR) is 90.1 cm³/mol. The van der Waals surface area contributed by atoms with Crippen LogP contribution in [-0.2, 0) is 6.54 Å². The molecule has 0 atom stereocenters. The van der Waals surface area contributed by atoms with Crippen molar-refractivity contribution in [3.8, 4) is 0 Å². The lowest BCUT2D eigenvalue weighted by Gasteiger charge is -2.09. The van der Waals surface area contributed by atoms with E-state index in [4.69, 9.17) is 0 Å². The first-order chi connectivity index (χ1) is 12.1. The topological polar surface area (TPSA) is 66.9 Å². The van der Waals surface area contributed by atoms with Gasteiger partial charge in [-0.3, -0.25) is 14.8 Å². The van der Waals surface area contributed by atoms with Gasteiger partial charge in [0.15, 0.2) is 0 Å². The van der Waals surface area contributed by atoms with E-state index >= 15 is 0 Å². The molecule has 0 saturated heterocycles. The first-order valence-corrected chi connectivity index (χ1v) is 7.48. The normalized spacial score (nSPS) is 10.3. The van der Waals surface area contributed by atoms with E-state index in [1.165, 1.54) is 6.20 Å². The number of benzene rings is 1. The molecule has 0 unspecified atom stereocenters. The van der Waals surface area contributed by atoms with Gasteiger partial charge < -0.3 is 10.6 Å². The summed E-state index contributed by atoms with van der Waals surface area (Å²) in [7, 11) is 0. The van der Waals surface area contributed by atoms with Crippen LogP contribution >= 0.6 is 0 Å². The molecule has 126 valence electrons. The van der Waals surface area contributed by atoms with Crippen LogP contribution in [0.25, 0.3) is 0 Å².